The highest BCUT2D eigenvalue weighted by Gasteiger charge is 2.27. The van der Waals surface area contributed by atoms with Crippen LogP contribution in [0, 0.1) is 0 Å². The van der Waals surface area contributed by atoms with Crippen LogP contribution in [0.3, 0.4) is 0 Å². The summed E-state index contributed by atoms with van der Waals surface area (Å²) in [6.07, 6.45) is 0. The molecule has 86 valence electrons. The van der Waals surface area contributed by atoms with Gasteiger partial charge in [0.1, 0.15) is 0 Å². The van der Waals surface area contributed by atoms with Gasteiger partial charge in [-0.05, 0) is 19.8 Å². The van der Waals surface area contributed by atoms with Crippen molar-refractivity contribution in [2.75, 3.05) is 0 Å². The standard InChI is InChI=1S/C12H23N3/c1-8(2)10-11(12(5,6)7)15(9(3)4)14-13-10/h8-9H,1-7H3. The Morgan fingerprint density at radius 3 is 1.93 bits per heavy atom. The molecule has 1 aromatic heterocycles. The van der Waals surface area contributed by atoms with E-state index in [1.807, 2.05) is 0 Å². The number of rotatable bonds is 2. The molecule has 15 heavy (non-hydrogen) atoms. The first-order chi connectivity index (χ1) is 6.75. The van der Waals surface area contributed by atoms with Gasteiger partial charge in [0.15, 0.2) is 0 Å². The van der Waals surface area contributed by atoms with E-state index >= 15 is 0 Å². The Kier molecular flexibility index (Phi) is 3.22. The molecule has 0 unspecified atom stereocenters. The molecule has 0 saturated heterocycles. The number of nitrogens with zero attached hydrogens (tertiary/aromatic N) is 3. The zero-order valence-electron chi connectivity index (χ0n) is 11.0. The van der Waals surface area contributed by atoms with Gasteiger partial charge in [-0.25, -0.2) is 4.68 Å². The fourth-order valence-electron chi connectivity index (χ4n) is 1.78. The lowest BCUT2D eigenvalue weighted by molar-refractivity contribution is 0.437. The second-order valence-electron chi connectivity index (χ2n) is 5.77. The summed E-state index contributed by atoms with van der Waals surface area (Å²) in [5.74, 6) is 0.437. The zero-order valence-corrected chi connectivity index (χ0v) is 11.0. The lowest BCUT2D eigenvalue weighted by Crippen LogP contribution is -2.21. The molecule has 0 spiro atoms. The Balaban J connectivity index is 3.34. The molecule has 0 N–H and O–H groups in total. The molecular formula is C12H23N3. The van der Waals surface area contributed by atoms with Crippen LogP contribution in [0.2, 0.25) is 0 Å². The van der Waals surface area contributed by atoms with E-state index in [1.54, 1.807) is 0 Å². The molecule has 0 aromatic carbocycles. The number of hydrogen-bond acceptors (Lipinski definition) is 2. The maximum absolute atomic E-state index is 4.32. The van der Waals surface area contributed by atoms with Crippen molar-refractivity contribution in [3.63, 3.8) is 0 Å². The number of hydrogen-bond donors (Lipinski definition) is 0. The molecule has 0 saturated carbocycles. The van der Waals surface area contributed by atoms with Gasteiger partial charge in [0.2, 0.25) is 0 Å². The van der Waals surface area contributed by atoms with Gasteiger partial charge in [-0.15, -0.1) is 5.10 Å². The normalized spacial score (nSPS) is 12.9. The summed E-state index contributed by atoms with van der Waals surface area (Å²) >= 11 is 0. The Morgan fingerprint density at radius 2 is 1.60 bits per heavy atom. The maximum atomic E-state index is 4.32. The minimum absolute atomic E-state index is 0.105. The Bertz CT molecular complexity index is 304. The molecule has 1 rings (SSSR count). The van der Waals surface area contributed by atoms with Gasteiger partial charge in [0.25, 0.3) is 0 Å². The van der Waals surface area contributed by atoms with Crippen molar-refractivity contribution in [3.8, 4) is 0 Å². The summed E-state index contributed by atoms with van der Waals surface area (Å²) < 4.78 is 2.05. The third-order valence-corrected chi connectivity index (χ3v) is 2.47. The Hall–Kier alpha value is -0.860. The van der Waals surface area contributed by atoms with Gasteiger partial charge >= 0.3 is 0 Å². The topological polar surface area (TPSA) is 30.7 Å². The van der Waals surface area contributed by atoms with Crippen molar-refractivity contribution in [1.29, 1.82) is 0 Å². The van der Waals surface area contributed by atoms with E-state index < -0.39 is 0 Å². The smallest absolute Gasteiger partial charge is 0.0890 e. The van der Waals surface area contributed by atoms with Crippen LogP contribution in [0.4, 0.5) is 0 Å². The van der Waals surface area contributed by atoms with Crippen molar-refractivity contribution in [2.45, 2.75) is 65.8 Å². The predicted molar refractivity (Wildman–Crippen MR) is 63.2 cm³/mol. The van der Waals surface area contributed by atoms with E-state index in [2.05, 4.69) is 63.5 Å². The van der Waals surface area contributed by atoms with Crippen LogP contribution in [0.1, 0.15) is 71.8 Å². The fraction of sp³-hybridized carbons (Fsp3) is 0.833. The van der Waals surface area contributed by atoms with E-state index in [0.29, 0.717) is 12.0 Å². The molecule has 3 nitrogen and oxygen atoms in total. The molecule has 1 aromatic rings. The van der Waals surface area contributed by atoms with Gasteiger partial charge in [0, 0.05) is 11.5 Å². The van der Waals surface area contributed by atoms with E-state index in [1.165, 1.54) is 5.69 Å². The average Bonchev–Trinajstić information content (AvgIpc) is 2.45. The van der Waals surface area contributed by atoms with E-state index in [9.17, 15) is 0 Å². The third-order valence-electron chi connectivity index (χ3n) is 2.47. The van der Waals surface area contributed by atoms with Crippen LogP contribution in [-0.2, 0) is 5.41 Å². The molecule has 0 amide bonds. The summed E-state index contributed by atoms with van der Waals surface area (Å²) in [6, 6.07) is 0.374. The quantitative estimate of drug-likeness (QED) is 0.748. The van der Waals surface area contributed by atoms with E-state index in [-0.39, 0.29) is 5.41 Å². The van der Waals surface area contributed by atoms with E-state index in [0.717, 1.165) is 5.69 Å². The third kappa shape index (κ3) is 2.39. The Morgan fingerprint density at radius 1 is 1.07 bits per heavy atom. The molecule has 0 radical (unpaired) electrons. The number of aromatic nitrogens is 3. The van der Waals surface area contributed by atoms with Crippen LogP contribution < -0.4 is 0 Å². The van der Waals surface area contributed by atoms with Crippen molar-refractivity contribution in [2.24, 2.45) is 0 Å². The summed E-state index contributed by atoms with van der Waals surface area (Å²) in [6.45, 7) is 15.3. The lowest BCUT2D eigenvalue weighted by atomic mass is 9.87. The molecule has 0 aliphatic carbocycles. The van der Waals surface area contributed by atoms with Crippen LogP contribution >= 0.6 is 0 Å². The molecule has 0 aliphatic heterocycles. The molecule has 1 heterocycles. The summed E-state index contributed by atoms with van der Waals surface area (Å²) in [7, 11) is 0. The molecule has 0 bridgehead atoms. The van der Waals surface area contributed by atoms with Gasteiger partial charge in [-0.1, -0.05) is 39.8 Å². The lowest BCUT2D eigenvalue weighted by Gasteiger charge is -2.23. The molecule has 0 aliphatic rings. The maximum Gasteiger partial charge on any atom is 0.0890 e. The molecule has 0 fully saturated rings. The predicted octanol–water partition coefficient (Wildman–Crippen LogP) is 3.28. The minimum atomic E-state index is 0.105. The van der Waals surface area contributed by atoms with Crippen molar-refractivity contribution in [3.05, 3.63) is 11.4 Å². The highest BCUT2D eigenvalue weighted by Crippen LogP contribution is 2.30. The second kappa shape index (κ2) is 3.95. The highest BCUT2D eigenvalue weighted by molar-refractivity contribution is 5.22. The fourth-order valence-corrected chi connectivity index (χ4v) is 1.78. The molecule has 3 heteroatoms. The summed E-state index contributed by atoms with van der Waals surface area (Å²) in [4.78, 5) is 0. The van der Waals surface area contributed by atoms with Gasteiger partial charge < -0.3 is 0 Å². The van der Waals surface area contributed by atoms with Gasteiger partial charge in [0.05, 0.1) is 11.4 Å². The molecule has 0 atom stereocenters. The minimum Gasteiger partial charge on any atom is -0.246 e. The zero-order chi connectivity index (χ0) is 11.8. The second-order valence-corrected chi connectivity index (χ2v) is 5.77. The highest BCUT2D eigenvalue weighted by atomic mass is 15.4. The van der Waals surface area contributed by atoms with Crippen molar-refractivity contribution < 1.29 is 0 Å². The van der Waals surface area contributed by atoms with Gasteiger partial charge in [-0.3, -0.25) is 0 Å². The Labute approximate surface area is 92.9 Å². The van der Waals surface area contributed by atoms with Crippen LogP contribution in [0.5, 0.6) is 0 Å². The van der Waals surface area contributed by atoms with Crippen LogP contribution in [0.25, 0.3) is 0 Å². The largest absolute Gasteiger partial charge is 0.246 e. The van der Waals surface area contributed by atoms with Crippen molar-refractivity contribution in [1.82, 2.24) is 15.0 Å². The average molecular weight is 209 g/mol. The van der Waals surface area contributed by atoms with E-state index in [4.69, 9.17) is 0 Å². The first kappa shape index (κ1) is 12.2. The van der Waals surface area contributed by atoms with Gasteiger partial charge in [-0.2, -0.15) is 0 Å². The van der Waals surface area contributed by atoms with Crippen molar-refractivity contribution >= 4 is 0 Å². The SMILES string of the molecule is CC(C)c1nnn(C(C)C)c1C(C)(C)C. The summed E-state index contributed by atoms with van der Waals surface area (Å²) in [5.41, 5.74) is 2.51. The first-order valence-corrected chi connectivity index (χ1v) is 5.70. The van der Waals surface area contributed by atoms with Crippen LogP contribution in [0.15, 0.2) is 0 Å². The van der Waals surface area contributed by atoms with Crippen LogP contribution in [-0.4, -0.2) is 15.0 Å². The first-order valence-electron chi connectivity index (χ1n) is 5.70. The monoisotopic (exact) mass is 209 g/mol. The summed E-state index contributed by atoms with van der Waals surface area (Å²) in [5, 5.41) is 8.59. The molecular weight excluding hydrogens is 186 g/mol.